The molecule has 0 aliphatic heterocycles. The maximum absolute atomic E-state index is 12.0. The fourth-order valence-electron chi connectivity index (χ4n) is 1.76. The number of carbonyl (C=O) groups is 1. The summed E-state index contributed by atoms with van der Waals surface area (Å²) < 4.78 is 0. The summed E-state index contributed by atoms with van der Waals surface area (Å²) in [6, 6.07) is 8.97. The molecule has 1 aromatic heterocycles. The van der Waals surface area contributed by atoms with E-state index in [1.54, 1.807) is 5.38 Å². The van der Waals surface area contributed by atoms with E-state index in [2.05, 4.69) is 16.4 Å². The summed E-state index contributed by atoms with van der Waals surface area (Å²) >= 11 is 1.41. The van der Waals surface area contributed by atoms with Gasteiger partial charge in [-0.05, 0) is 25.0 Å². The second kappa shape index (κ2) is 5.63. The van der Waals surface area contributed by atoms with Crippen molar-refractivity contribution in [1.82, 2.24) is 10.3 Å². The number of nitrogens with zero attached hydrogens (tertiary/aromatic N) is 2. The molecule has 96 valence electrons. The van der Waals surface area contributed by atoms with Crippen molar-refractivity contribution >= 4 is 17.2 Å². The molecule has 19 heavy (non-hydrogen) atoms. The molecular weight excluding hydrogens is 258 g/mol. The normalized spacial score (nSPS) is 11.6. The quantitative estimate of drug-likeness (QED) is 0.933. The standard InChI is InChI=1S/C14H13N3OS/c1-9-5-3-4-6-11(9)12(7-15)17-14(18)13-8-19-10(2)16-13/h3-6,8,12H,1-2H3,(H,17,18). The van der Waals surface area contributed by atoms with E-state index in [9.17, 15) is 10.1 Å². The van der Waals surface area contributed by atoms with Gasteiger partial charge in [0.1, 0.15) is 11.7 Å². The molecule has 1 amide bonds. The molecule has 1 N–H and O–H groups in total. The van der Waals surface area contributed by atoms with Crippen LogP contribution in [0.4, 0.5) is 0 Å². The van der Waals surface area contributed by atoms with Gasteiger partial charge in [0.2, 0.25) is 0 Å². The fourth-order valence-corrected chi connectivity index (χ4v) is 2.36. The highest BCUT2D eigenvalue weighted by Crippen LogP contribution is 2.17. The Hall–Kier alpha value is -2.19. The summed E-state index contributed by atoms with van der Waals surface area (Å²) in [7, 11) is 0. The molecule has 0 aliphatic carbocycles. The largest absolute Gasteiger partial charge is 0.331 e. The van der Waals surface area contributed by atoms with Crippen LogP contribution in [-0.2, 0) is 0 Å². The highest BCUT2D eigenvalue weighted by molar-refractivity contribution is 7.09. The van der Waals surface area contributed by atoms with Gasteiger partial charge in [-0.25, -0.2) is 4.98 Å². The highest BCUT2D eigenvalue weighted by Gasteiger charge is 2.18. The highest BCUT2D eigenvalue weighted by atomic mass is 32.1. The minimum absolute atomic E-state index is 0.320. The lowest BCUT2D eigenvalue weighted by molar-refractivity contribution is 0.0940. The summed E-state index contributed by atoms with van der Waals surface area (Å²) in [6.07, 6.45) is 0. The Balaban J connectivity index is 2.19. The lowest BCUT2D eigenvalue weighted by Gasteiger charge is -2.13. The number of hydrogen-bond acceptors (Lipinski definition) is 4. The van der Waals surface area contributed by atoms with E-state index in [1.807, 2.05) is 38.1 Å². The molecule has 0 spiro atoms. The molecule has 1 heterocycles. The second-order valence-electron chi connectivity index (χ2n) is 4.14. The molecule has 5 heteroatoms. The molecule has 0 saturated heterocycles. The third-order valence-corrected chi connectivity index (χ3v) is 3.53. The van der Waals surface area contributed by atoms with Crippen LogP contribution in [0.3, 0.4) is 0 Å². The van der Waals surface area contributed by atoms with Crippen LogP contribution in [0.5, 0.6) is 0 Å². The number of rotatable bonds is 3. The zero-order valence-electron chi connectivity index (χ0n) is 10.7. The monoisotopic (exact) mass is 271 g/mol. The number of benzene rings is 1. The molecule has 0 fully saturated rings. The van der Waals surface area contributed by atoms with E-state index in [1.165, 1.54) is 11.3 Å². The molecule has 0 bridgehead atoms. The Kier molecular flexibility index (Phi) is 3.93. The number of amides is 1. The maximum atomic E-state index is 12.0. The van der Waals surface area contributed by atoms with E-state index in [4.69, 9.17) is 0 Å². The van der Waals surface area contributed by atoms with E-state index < -0.39 is 6.04 Å². The lowest BCUT2D eigenvalue weighted by atomic mass is 10.0. The number of hydrogen-bond donors (Lipinski definition) is 1. The molecule has 0 radical (unpaired) electrons. The van der Waals surface area contributed by atoms with Crippen LogP contribution in [0.1, 0.15) is 32.7 Å². The Labute approximate surface area is 115 Å². The maximum Gasteiger partial charge on any atom is 0.272 e. The van der Waals surface area contributed by atoms with Crippen LogP contribution < -0.4 is 5.32 Å². The first-order valence-corrected chi connectivity index (χ1v) is 6.68. The van der Waals surface area contributed by atoms with Crippen molar-refractivity contribution in [3.8, 4) is 6.07 Å². The second-order valence-corrected chi connectivity index (χ2v) is 5.21. The van der Waals surface area contributed by atoms with E-state index >= 15 is 0 Å². The summed E-state index contributed by atoms with van der Waals surface area (Å²) in [6.45, 7) is 3.75. The van der Waals surface area contributed by atoms with Gasteiger partial charge in [-0.3, -0.25) is 4.79 Å². The predicted octanol–water partition coefficient (Wildman–Crippen LogP) is 2.75. The number of aryl methyl sites for hydroxylation is 2. The molecule has 1 atom stereocenters. The minimum atomic E-state index is -0.657. The number of nitrogens with one attached hydrogen (secondary N) is 1. The van der Waals surface area contributed by atoms with Crippen LogP contribution in [0, 0.1) is 25.2 Å². The van der Waals surface area contributed by atoms with Gasteiger partial charge in [-0.2, -0.15) is 5.26 Å². The topological polar surface area (TPSA) is 65.8 Å². The molecule has 2 rings (SSSR count). The SMILES string of the molecule is Cc1nc(C(=O)NC(C#N)c2ccccc2C)cs1. The molecule has 1 unspecified atom stereocenters. The minimum Gasteiger partial charge on any atom is -0.331 e. The lowest BCUT2D eigenvalue weighted by Crippen LogP contribution is -2.28. The van der Waals surface area contributed by atoms with Crippen molar-refractivity contribution in [3.63, 3.8) is 0 Å². The van der Waals surface area contributed by atoms with Crippen molar-refractivity contribution < 1.29 is 4.79 Å². The van der Waals surface area contributed by atoms with Crippen molar-refractivity contribution in [2.24, 2.45) is 0 Å². The molecule has 1 aromatic carbocycles. The Morgan fingerprint density at radius 1 is 1.42 bits per heavy atom. The Morgan fingerprint density at radius 2 is 2.16 bits per heavy atom. The average molecular weight is 271 g/mol. The molecular formula is C14H13N3OS. The average Bonchev–Trinajstić information content (AvgIpc) is 2.83. The Bertz CT molecular complexity index is 642. The summed E-state index contributed by atoms with van der Waals surface area (Å²) in [4.78, 5) is 16.1. The molecule has 2 aromatic rings. The fraction of sp³-hybridized carbons (Fsp3) is 0.214. The van der Waals surface area contributed by atoms with Crippen LogP contribution in [0.2, 0.25) is 0 Å². The van der Waals surface area contributed by atoms with Crippen molar-refractivity contribution in [2.75, 3.05) is 0 Å². The zero-order valence-corrected chi connectivity index (χ0v) is 11.5. The first kappa shape index (κ1) is 13.2. The van der Waals surface area contributed by atoms with Gasteiger partial charge in [0, 0.05) is 5.38 Å². The number of carbonyl (C=O) groups excluding carboxylic acids is 1. The summed E-state index contributed by atoms with van der Waals surface area (Å²) in [5, 5.41) is 14.4. The first-order chi connectivity index (χ1) is 9.11. The number of nitriles is 1. The summed E-state index contributed by atoms with van der Waals surface area (Å²) in [5.74, 6) is -0.320. The molecule has 0 aliphatic rings. The first-order valence-electron chi connectivity index (χ1n) is 5.80. The molecule has 4 nitrogen and oxygen atoms in total. The Morgan fingerprint density at radius 3 is 2.74 bits per heavy atom. The summed E-state index contributed by atoms with van der Waals surface area (Å²) in [5.41, 5.74) is 2.14. The van der Waals surface area contributed by atoms with Gasteiger partial charge < -0.3 is 5.32 Å². The van der Waals surface area contributed by atoms with Crippen LogP contribution >= 0.6 is 11.3 Å². The van der Waals surface area contributed by atoms with E-state index in [-0.39, 0.29) is 5.91 Å². The van der Waals surface area contributed by atoms with Gasteiger partial charge in [0.15, 0.2) is 0 Å². The van der Waals surface area contributed by atoms with Crippen LogP contribution in [-0.4, -0.2) is 10.9 Å². The van der Waals surface area contributed by atoms with Crippen molar-refractivity contribution in [1.29, 1.82) is 5.26 Å². The van der Waals surface area contributed by atoms with Gasteiger partial charge >= 0.3 is 0 Å². The van der Waals surface area contributed by atoms with Crippen molar-refractivity contribution in [3.05, 3.63) is 51.5 Å². The zero-order chi connectivity index (χ0) is 13.8. The van der Waals surface area contributed by atoms with Crippen LogP contribution in [0.25, 0.3) is 0 Å². The van der Waals surface area contributed by atoms with Crippen LogP contribution in [0.15, 0.2) is 29.6 Å². The number of thiazole rings is 1. The van der Waals surface area contributed by atoms with Gasteiger partial charge in [0.25, 0.3) is 5.91 Å². The van der Waals surface area contributed by atoms with E-state index in [0.29, 0.717) is 5.69 Å². The number of aromatic nitrogens is 1. The smallest absolute Gasteiger partial charge is 0.272 e. The van der Waals surface area contributed by atoms with Gasteiger partial charge in [-0.1, -0.05) is 24.3 Å². The molecule has 0 saturated carbocycles. The van der Waals surface area contributed by atoms with E-state index in [0.717, 1.165) is 16.1 Å². The predicted molar refractivity (Wildman–Crippen MR) is 73.9 cm³/mol. The van der Waals surface area contributed by atoms with Crippen molar-refractivity contribution in [2.45, 2.75) is 19.9 Å². The third-order valence-electron chi connectivity index (χ3n) is 2.76. The van der Waals surface area contributed by atoms with Gasteiger partial charge in [0.05, 0.1) is 11.1 Å². The van der Waals surface area contributed by atoms with Gasteiger partial charge in [-0.15, -0.1) is 11.3 Å². The third kappa shape index (κ3) is 2.98.